The van der Waals surface area contributed by atoms with Crippen LogP contribution in [0.25, 0.3) is 0 Å². The number of carbonyl (C=O) groups is 1. The number of nitrogens with two attached hydrogens (primary N) is 1. The second kappa shape index (κ2) is 4.14. The van der Waals surface area contributed by atoms with Crippen molar-refractivity contribution in [3.05, 3.63) is 41.5 Å². The lowest BCUT2D eigenvalue weighted by atomic mass is 10.1. The first-order valence-corrected chi connectivity index (χ1v) is 5.67. The van der Waals surface area contributed by atoms with Crippen LogP contribution in [0.4, 0.5) is 6.01 Å². The second-order valence-corrected chi connectivity index (χ2v) is 4.14. The molecule has 0 radical (unpaired) electrons. The van der Waals surface area contributed by atoms with Gasteiger partial charge in [0.05, 0.1) is 12.1 Å². The van der Waals surface area contributed by atoms with Gasteiger partial charge >= 0.3 is 0 Å². The van der Waals surface area contributed by atoms with Gasteiger partial charge < -0.3 is 15.1 Å². The molecular formula is C12H12N4O2. The van der Waals surface area contributed by atoms with E-state index in [0.29, 0.717) is 25.1 Å². The molecule has 6 heteroatoms. The first-order chi connectivity index (χ1) is 8.74. The third-order valence-electron chi connectivity index (χ3n) is 2.94. The van der Waals surface area contributed by atoms with Crippen LogP contribution < -0.4 is 5.73 Å². The molecular weight excluding hydrogens is 232 g/mol. The second-order valence-electron chi connectivity index (χ2n) is 4.14. The van der Waals surface area contributed by atoms with Gasteiger partial charge in [0.25, 0.3) is 11.9 Å². The summed E-state index contributed by atoms with van der Waals surface area (Å²) in [5, 5.41) is 0. The topological polar surface area (TPSA) is 85.2 Å². The largest absolute Gasteiger partial charge is 0.428 e. The van der Waals surface area contributed by atoms with Gasteiger partial charge in [-0.1, -0.05) is 0 Å². The highest BCUT2D eigenvalue weighted by atomic mass is 16.4. The number of aromatic nitrogens is 2. The number of pyridine rings is 1. The minimum atomic E-state index is -0.0460. The van der Waals surface area contributed by atoms with Crippen LogP contribution in [0.15, 0.2) is 28.9 Å². The molecule has 0 saturated heterocycles. The number of nitrogen functional groups attached to an aromatic ring is 1. The molecule has 0 bridgehead atoms. The summed E-state index contributed by atoms with van der Waals surface area (Å²) in [5.41, 5.74) is 6.83. The predicted molar refractivity (Wildman–Crippen MR) is 63.6 cm³/mol. The lowest BCUT2D eigenvalue weighted by Crippen LogP contribution is -2.35. The van der Waals surface area contributed by atoms with Gasteiger partial charge in [0.2, 0.25) is 0 Å². The molecule has 0 saturated carbocycles. The normalized spacial score (nSPS) is 14.3. The average molecular weight is 244 g/mol. The predicted octanol–water partition coefficient (Wildman–Crippen LogP) is 0.850. The van der Waals surface area contributed by atoms with Gasteiger partial charge in [0.15, 0.2) is 0 Å². The van der Waals surface area contributed by atoms with E-state index in [1.165, 1.54) is 0 Å². The molecule has 0 aliphatic carbocycles. The summed E-state index contributed by atoms with van der Waals surface area (Å²) in [4.78, 5) is 22.0. The molecule has 0 spiro atoms. The van der Waals surface area contributed by atoms with E-state index in [1.54, 1.807) is 29.4 Å². The van der Waals surface area contributed by atoms with E-state index in [2.05, 4.69) is 9.97 Å². The first kappa shape index (κ1) is 10.8. The molecule has 2 aromatic heterocycles. The molecule has 1 aliphatic rings. The lowest BCUT2D eigenvalue weighted by molar-refractivity contribution is 0.0727. The fourth-order valence-corrected chi connectivity index (χ4v) is 2.06. The Labute approximate surface area is 103 Å². The van der Waals surface area contributed by atoms with Crippen molar-refractivity contribution in [1.29, 1.82) is 0 Å². The quantitative estimate of drug-likeness (QED) is 0.803. The highest BCUT2D eigenvalue weighted by molar-refractivity contribution is 5.93. The third-order valence-corrected chi connectivity index (χ3v) is 2.94. The summed E-state index contributed by atoms with van der Waals surface area (Å²) in [6, 6.07) is 3.66. The molecule has 92 valence electrons. The molecule has 0 atom stereocenters. The Bertz CT molecular complexity index is 579. The van der Waals surface area contributed by atoms with Crippen molar-refractivity contribution < 1.29 is 9.21 Å². The number of anilines is 1. The van der Waals surface area contributed by atoms with Crippen molar-refractivity contribution in [1.82, 2.24) is 14.9 Å². The number of nitrogens with zero attached hydrogens (tertiary/aromatic N) is 3. The molecule has 1 aliphatic heterocycles. The zero-order valence-electron chi connectivity index (χ0n) is 9.67. The van der Waals surface area contributed by atoms with E-state index in [9.17, 15) is 4.79 Å². The van der Waals surface area contributed by atoms with Crippen LogP contribution in [0.2, 0.25) is 0 Å². The number of hydrogen-bond acceptors (Lipinski definition) is 5. The first-order valence-electron chi connectivity index (χ1n) is 5.67. The maximum absolute atomic E-state index is 12.2. The van der Waals surface area contributed by atoms with E-state index < -0.39 is 0 Å². The number of hydrogen-bond donors (Lipinski definition) is 1. The minimum Gasteiger partial charge on any atom is -0.428 e. The van der Waals surface area contributed by atoms with Crippen LogP contribution >= 0.6 is 0 Å². The molecule has 0 aromatic carbocycles. The van der Waals surface area contributed by atoms with E-state index >= 15 is 0 Å². The molecule has 0 unspecified atom stereocenters. The number of rotatable bonds is 1. The van der Waals surface area contributed by atoms with Gasteiger partial charge in [-0.05, 0) is 12.1 Å². The molecule has 6 nitrogen and oxygen atoms in total. The number of carbonyl (C=O) groups excluding carboxylic acids is 1. The molecule has 2 aromatic rings. The Hall–Kier alpha value is -2.37. The Morgan fingerprint density at radius 3 is 3.17 bits per heavy atom. The molecule has 1 amide bonds. The van der Waals surface area contributed by atoms with E-state index in [1.807, 2.05) is 0 Å². The van der Waals surface area contributed by atoms with Crippen LogP contribution in [0.3, 0.4) is 0 Å². The maximum atomic E-state index is 12.2. The third kappa shape index (κ3) is 1.81. The summed E-state index contributed by atoms with van der Waals surface area (Å²) in [6.07, 6.45) is 3.85. The Balaban J connectivity index is 1.82. The molecule has 0 fully saturated rings. The van der Waals surface area contributed by atoms with Gasteiger partial charge in [-0.3, -0.25) is 9.78 Å². The van der Waals surface area contributed by atoms with E-state index in [4.69, 9.17) is 10.2 Å². The number of amides is 1. The maximum Gasteiger partial charge on any atom is 0.292 e. The van der Waals surface area contributed by atoms with Crippen molar-refractivity contribution in [2.24, 2.45) is 0 Å². The van der Waals surface area contributed by atoms with Gasteiger partial charge in [-0.15, -0.1) is 0 Å². The van der Waals surface area contributed by atoms with Crippen molar-refractivity contribution in [2.75, 3.05) is 12.3 Å². The zero-order chi connectivity index (χ0) is 12.5. The Morgan fingerprint density at radius 1 is 1.50 bits per heavy atom. The Morgan fingerprint density at radius 2 is 2.39 bits per heavy atom. The highest BCUT2D eigenvalue weighted by Crippen LogP contribution is 2.21. The fourth-order valence-electron chi connectivity index (χ4n) is 2.06. The van der Waals surface area contributed by atoms with Crippen LogP contribution in [0, 0.1) is 0 Å². The lowest BCUT2D eigenvalue weighted by Gasteiger charge is -2.25. The van der Waals surface area contributed by atoms with Crippen molar-refractivity contribution in [3.8, 4) is 0 Å². The SMILES string of the molecule is Nc1nc2c(o1)CCN(C(=O)c1cccnc1)C2. The van der Waals surface area contributed by atoms with E-state index in [0.717, 1.165) is 11.5 Å². The number of oxazole rings is 1. The van der Waals surface area contributed by atoms with Crippen LogP contribution in [0.1, 0.15) is 21.8 Å². The molecule has 2 N–H and O–H groups in total. The van der Waals surface area contributed by atoms with Gasteiger partial charge in [0.1, 0.15) is 11.5 Å². The van der Waals surface area contributed by atoms with Crippen LogP contribution in [-0.2, 0) is 13.0 Å². The minimum absolute atomic E-state index is 0.0460. The summed E-state index contributed by atoms with van der Waals surface area (Å²) in [7, 11) is 0. The van der Waals surface area contributed by atoms with Crippen molar-refractivity contribution in [2.45, 2.75) is 13.0 Å². The van der Waals surface area contributed by atoms with Gasteiger partial charge in [-0.2, -0.15) is 4.98 Å². The van der Waals surface area contributed by atoms with E-state index in [-0.39, 0.29) is 11.9 Å². The number of fused-ring (bicyclic) bond motifs is 1. The van der Waals surface area contributed by atoms with Gasteiger partial charge in [0, 0.05) is 25.4 Å². The summed E-state index contributed by atoms with van der Waals surface area (Å²) < 4.78 is 5.26. The molecule has 3 heterocycles. The summed E-state index contributed by atoms with van der Waals surface area (Å²) in [6.45, 7) is 1.04. The van der Waals surface area contributed by atoms with Gasteiger partial charge in [-0.25, -0.2) is 0 Å². The zero-order valence-corrected chi connectivity index (χ0v) is 9.67. The molecule has 3 rings (SSSR count). The standard InChI is InChI=1S/C12H12N4O2/c13-12-15-9-7-16(5-3-10(9)18-12)11(17)8-2-1-4-14-6-8/h1-2,4,6H,3,5,7H2,(H2,13,15). The van der Waals surface area contributed by atoms with Crippen molar-refractivity contribution in [3.63, 3.8) is 0 Å². The monoisotopic (exact) mass is 244 g/mol. The Kier molecular flexibility index (Phi) is 2.47. The van der Waals surface area contributed by atoms with Crippen LogP contribution in [0.5, 0.6) is 0 Å². The average Bonchev–Trinajstić information content (AvgIpc) is 2.78. The van der Waals surface area contributed by atoms with Crippen molar-refractivity contribution >= 4 is 11.9 Å². The molecule has 18 heavy (non-hydrogen) atoms. The fraction of sp³-hybridized carbons (Fsp3) is 0.250. The summed E-state index contributed by atoms with van der Waals surface area (Å²) >= 11 is 0. The highest BCUT2D eigenvalue weighted by Gasteiger charge is 2.25. The summed E-state index contributed by atoms with van der Waals surface area (Å²) in [5.74, 6) is 0.734. The van der Waals surface area contributed by atoms with Crippen LogP contribution in [-0.4, -0.2) is 27.3 Å². The smallest absolute Gasteiger partial charge is 0.292 e.